The fourth-order valence-corrected chi connectivity index (χ4v) is 9.79. The topological polar surface area (TPSA) is 9.86 Å². The molecule has 0 saturated heterocycles. The molecule has 0 atom stereocenters. The van der Waals surface area contributed by atoms with Gasteiger partial charge in [-0.1, -0.05) is 50.2 Å². The van der Waals surface area contributed by atoms with Gasteiger partial charge in [-0.25, -0.2) is 0 Å². The van der Waals surface area contributed by atoms with Crippen LogP contribution in [0.4, 0.5) is 0 Å². The van der Waals surface area contributed by atoms with Crippen LogP contribution in [0.3, 0.4) is 0 Å². The van der Waals surface area contributed by atoms with E-state index in [1.54, 1.807) is 0 Å². The summed E-state index contributed by atoms with van der Waals surface area (Å²) in [5.41, 5.74) is 5.69. The van der Waals surface area contributed by atoms with Gasteiger partial charge in [-0.2, -0.15) is 0 Å². The number of rotatable bonds is 4. The molecule has 31 heavy (non-hydrogen) atoms. The van der Waals surface area contributed by atoms with Gasteiger partial charge < -0.3 is 9.13 Å². The first-order valence-electron chi connectivity index (χ1n) is 11.1. The first-order valence-corrected chi connectivity index (χ1v) is 13.5. The summed E-state index contributed by atoms with van der Waals surface area (Å²) in [6, 6.07) is 17.9. The molecule has 0 amide bonds. The predicted molar refractivity (Wildman–Crippen MR) is 142 cm³/mol. The van der Waals surface area contributed by atoms with Crippen molar-refractivity contribution in [1.82, 2.24) is 9.13 Å². The second kappa shape index (κ2) is 6.58. The number of hydrogen-bond donors (Lipinski definition) is 0. The van der Waals surface area contributed by atoms with Crippen LogP contribution in [0.15, 0.2) is 48.5 Å². The summed E-state index contributed by atoms with van der Waals surface area (Å²) in [4.78, 5) is 0. The fourth-order valence-electron chi connectivity index (χ4n) is 5.22. The van der Waals surface area contributed by atoms with Crippen LogP contribution in [0.2, 0.25) is 0 Å². The fraction of sp³-hybridized carbons (Fsp3) is 0.231. The zero-order valence-corrected chi connectivity index (χ0v) is 20.0. The molecule has 2 nitrogen and oxygen atoms in total. The molecule has 0 aliphatic rings. The van der Waals surface area contributed by atoms with E-state index in [2.05, 4.69) is 71.5 Å². The van der Waals surface area contributed by atoms with E-state index >= 15 is 0 Å². The molecule has 0 bridgehead atoms. The maximum atomic E-state index is 2.57. The van der Waals surface area contributed by atoms with Crippen molar-refractivity contribution < 1.29 is 0 Å². The smallest absolute Gasteiger partial charge is 0.0783 e. The molecule has 0 aliphatic heterocycles. The van der Waals surface area contributed by atoms with Gasteiger partial charge in [-0.15, -0.1) is 34.0 Å². The standard InChI is InChI=1S/C26H22N2S3/c1-3-13-27-17-11-7-5-9-15(17)21-19(27)23-25(29-21)26-24(31-23)20-22(30-26)16-10-6-8-12-18(16)28(20)14-4-2/h5-12H,3-4,13-14H2,1-2H3. The highest BCUT2D eigenvalue weighted by molar-refractivity contribution is 7.43. The van der Waals surface area contributed by atoms with Gasteiger partial charge in [0, 0.05) is 34.9 Å². The third-order valence-corrected chi connectivity index (χ3v) is 10.5. The minimum Gasteiger partial charge on any atom is -0.339 e. The average molecular weight is 459 g/mol. The van der Waals surface area contributed by atoms with Crippen LogP contribution in [0, 0.1) is 0 Å². The molecule has 0 fully saturated rings. The van der Waals surface area contributed by atoms with Gasteiger partial charge in [-0.3, -0.25) is 0 Å². The summed E-state index contributed by atoms with van der Waals surface area (Å²) < 4.78 is 14.0. The van der Waals surface area contributed by atoms with Crippen molar-refractivity contribution in [3.63, 3.8) is 0 Å². The van der Waals surface area contributed by atoms with Crippen LogP contribution in [0.25, 0.3) is 61.0 Å². The largest absolute Gasteiger partial charge is 0.339 e. The van der Waals surface area contributed by atoms with E-state index in [-0.39, 0.29) is 0 Å². The summed E-state index contributed by atoms with van der Waals surface area (Å²) in [6.45, 7) is 6.72. The molecule has 5 heteroatoms. The van der Waals surface area contributed by atoms with E-state index in [0.717, 1.165) is 25.9 Å². The lowest BCUT2D eigenvalue weighted by Gasteiger charge is -2.04. The third kappa shape index (κ3) is 2.27. The number of hydrogen-bond acceptors (Lipinski definition) is 3. The van der Waals surface area contributed by atoms with E-state index in [4.69, 9.17) is 0 Å². The predicted octanol–water partition coefficient (Wildman–Crippen LogP) is 9.21. The van der Waals surface area contributed by atoms with E-state index < -0.39 is 0 Å². The van der Waals surface area contributed by atoms with Gasteiger partial charge in [0.25, 0.3) is 0 Å². The van der Waals surface area contributed by atoms with E-state index in [1.165, 1.54) is 61.0 Å². The van der Waals surface area contributed by atoms with Crippen molar-refractivity contribution in [2.24, 2.45) is 0 Å². The summed E-state index contributed by atoms with van der Waals surface area (Å²) in [7, 11) is 0. The van der Waals surface area contributed by atoms with Crippen LogP contribution in [0.5, 0.6) is 0 Å². The van der Waals surface area contributed by atoms with Crippen LogP contribution >= 0.6 is 34.0 Å². The van der Waals surface area contributed by atoms with Gasteiger partial charge in [0.15, 0.2) is 0 Å². The highest BCUT2D eigenvalue weighted by atomic mass is 32.1. The number of aryl methyl sites for hydroxylation is 2. The third-order valence-electron chi connectivity index (χ3n) is 6.40. The monoisotopic (exact) mass is 458 g/mol. The van der Waals surface area contributed by atoms with Crippen LogP contribution < -0.4 is 0 Å². The van der Waals surface area contributed by atoms with Crippen molar-refractivity contribution in [3.05, 3.63) is 48.5 Å². The molecule has 0 N–H and O–H groups in total. The van der Waals surface area contributed by atoms with Crippen LogP contribution in [-0.2, 0) is 13.1 Å². The van der Waals surface area contributed by atoms with E-state index in [0.29, 0.717) is 0 Å². The highest BCUT2D eigenvalue weighted by Crippen LogP contribution is 2.53. The number of benzene rings is 2. The van der Waals surface area contributed by atoms with Crippen molar-refractivity contribution in [2.75, 3.05) is 0 Å². The molecule has 0 spiro atoms. The Bertz CT molecular complexity index is 1640. The van der Waals surface area contributed by atoms with E-state index in [9.17, 15) is 0 Å². The normalized spacial score (nSPS) is 12.7. The quantitative estimate of drug-likeness (QED) is 0.249. The zero-order valence-electron chi connectivity index (χ0n) is 17.6. The number of thiophene rings is 3. The molecule has 154 valence electrons. The Labute approximate surface area is 191 Å². The van der Waals surface area contributed by atoms with E-state index in [1.807, 2.05) is 34.0 Å². The minimum absolute atomic E-state index is 1.08. The Morgan fingerprint density at radius 1 is 0.548 bits per heavy atom. The highest BCUT2D eigenvalue weighted by Gasteiger charge is 2.24. The Kier molecular flexibility index (Phi) is 3.87. The lowest BCUT2D eigenvalue weighted by molar-refractivity contribution is 0.726. The minimum atomic E-state index is 1.08. The summed E-state index contributed by atoms with van der Waals surface area (Å²) in [6.07, 6.45) is 2.31. The molecule has 0 unspecified atom stereocenters. The van der Waals surface area contributed by atoms with Gasteiger partial charge in [0.05, 0.1) is 39.2 Å². The molecule has 0 radical (unpaired) electrons. The number of fused-ring (bicyclic) bond motifs is 11. The molecule has 0 aliphatic carbocycles. The first-order chi connectivity index (χ1) is 15.3. The Morgan fingerprint density at radius 2 is 0.968 bits per heavy atom. The second-order valence-electron chi connectivity index (χ2n) is 8.32. The average Bonchev–Trinajstić information content (AvgIpc) is 3.54. The summed E-state index contributed by atoms with van der Waals surface area (Å²) in [5.74, 6) is 0. The molecule has 2 aromatic carbocycles. The summed E-state index contributed by atoms with van der Waals surface area (Å²) in [5, 5.41) is 2.82. The van der Waals surface area contributed by atoms with Gasteiger partial charge in [0.1, 0.15) is 0 Å². The van der Waals surface area contributed by atoms with Crippen LogP contribution in [-0.4, -0.2) is 9.13 Å². The van der Waals surface area contributed by atoms with Crippen molar-refractivity contribution in [3.8, 4) is 0 Å². The lowest BCUT2D eigenvalue weighted by Crippen LogP contribution is -1.95. The molecular weight excluding hydrogens is 437 g/mol. The Hall–Kier alpha value is -2.34. The Morgan fingerprint density at radius 3 is 1.42 bits per heavy atom. The zero-order chi connectivity index (χ0) is 20.7. The van der Waals surface area contributed by atoms with Crippen molar-refractivity contribution in [2.45, 2.75) is 39.8 Å². The summed E-state index contributed by atoms with van der Waals surface area (Å²) >= 11 is 6.04. The second-order valence-corrected chi connectivity index (χ2v) is 11.4. The number of para-hydroxylation sites is 2. The SMILES string of the molecule is CCCn1c2ccccc2c2sc3c4sc5c6ccccc6n(CCC)c5c4sc3c21. The number of aromatic nitrogens is 2. The first kappa shape index (κ1) is 18.3. The maximum absolute atomic E-state index is 2.57. The molecule has 0 saturated carbocycles. The van der Waals surface area contributed by atoms with Crippen molar-refractivity contribution in [1.29, 1.82) is 0 Å². The lowest BCUT2D eigenvalue weighted by atomic mass is 10.2. The Balaban J connectivity index is 1.66. The molecule has 5 aromatic heterocycles. The van der Waals surface area contributed by atoms with Gasteiger partial charge in [-0.05, 0) is 25.0 Å². The molecule has 7 aromatic rings. The molecule has 5 heterocycles. The van der Waals surface area contributed by atoms with Gasteiger partial charge in [0.2, 0.25) is 0 Å². The number of nitrogens with zero attached hydrogens (tertiary/aromatic N) is 2. The van der Waals surface area contributed by atoms with Crippen molar-refractivity contribution >= 4 is 95.0 Å². The van der Waals surface area contributed by atoms with Gasteiger partial charge >= 0.3 is 0 Å². The molecule has 7 rings (SSSR count). The maximum Gasteiger partial charge on any atom is 0.0783 e. The molecular formula is C26H22N2S3. The van der Waals surface area contributed by atoms with Crippen LogP contribution in [0.1, 0.15) is 26.7 Å².